The van der Waals surface area contributed by atoms with Gasteiger partial charge in [0.15, 0.2) is 0 Å². The molecular formula is C20H28BrFN2O4S. The molecule has 1 N–H and O–H groups in total. The van der Waals surface area contributed by atoms with Crippen LogP contribution in [-0.2, 0) is 21.2 Å². The van der Waals surface area contributed by atoms with Gasteiger partial charge < -0.3 is 9.64 Å². The number of benzene rings is 1. The van der Waals surface area contributed by atoms with Gasteiger partial charge in [-0.2, -0.15) is 0 Å². The normalized spacial score (nSPS) is 26.8. The van der Waals surface area contributed by atoms with Crippen LogP contribution in [0.1, 0.15) is 46.1 Å². The van der Waals surface area contributed by atoms with Crippen molar-refractivity contribution < 1.29 is 22.3 Å². The minimum absolute atomic E-state index is 0.0163. The molecule has 3 aliphatic rings. The summed E-state index contributed by atoms with van der Waals surface area (Å²) in [6, 6.07) is 3.99. The number of sulfonamides is 1. The summed E-state index contributed by atoms with van der Waals surface area (Å²) in [6.45, 7) is 6.94. The summed E-state index contributed by atoms with van der Waals surface area (Å²) in [5.41, 5.74) is -0.248. The molecular weight excluding hydrogens is 463 g/mol. The van der Waals surface area contributed by atoms with E-state index in [2.05, 4.69) is 20.7 Å². The number of nitrogens with one attached hydrogen (secondary N) is 1. The fourth-order valence-electron chi connectivity index (χ4n) is 4.13. The Hall–Kier alpha value is -1.19. The molecule has 2 aliphatic heterocycles. The predicted octanol–water partition coefficient (Wildman–Crippen LogP) is 3.84. The first kappa shape index (κ1) is 22.5. The van der Waals surface area contributed by atoms with Crippen LogP contribution in [0, 0.1) is 11.7 Å². The number of amides is 1. The first-order valence-corrected chi connectivity index (χ1v) is 12.3. The van der Waals surface area contributed by atoms with E-state index in [1.807, 2.05) is 0 Å². The molecule has 6 nitrogen and oxygen atoms in total. The lowest BCUT2D eigenvalue weighted by molar-refractivity contribution is -0.0652. The highest BCUT2D eigenvalue weighted by molar-refractivity contribution is 9.10. The Kier molecular flexibility index (Phi) is 6.32. The maximum Gasteiger partial charge on any atom is 0.410 e. The van der Waals surface area contributed by atoms with Gasteiger partial charge in [0.2, 0.25) is 10.0 Å². The number of halogens is 2. The van der Waals surface area contributed by atoms with Crippen molar-refractivity contribution in [3.8, 4) is 0 Å². The molecule has 162 valence electrons. The molecule has 29 heavy (non-hydrogen) atoms. The lowest BCUT2D eigenvalue weighted by Crippen LogP contribution is -2.70. The summed E-state index contributed by atoms with van der Waals surface area (Å²) >= 11 is 3.20. The number of carbonyl (C=O) groups excluding carboxylic acids is 1. The molecule has 1 aliphatic carbocycles. The monoisotopic (exact) mass is 490 g/mol. The van der Waals surface area contributed by atoms with Crippen molar-refractivity contribution in [3.05, 3.63) is 34.1 Å². The van der Waals surface area contributed by atoms with Crippen molar-refractivity contribution in [1.82, 2.24) is 9.62 Å². The zero-order valence-corrected chi connectivity index (χ0v) is 19.5. The standard InChI is InChI=1S/C20H28BrFN2O4S/c1-5-29(26,27)23-18-13-9-14(10-13)24(19(25)28-20(2,3)4)16(18)11-12-7-6-8-15(21)17(12)22/h6-8,13-14,16,18,23H,5,9-11H2,1-4H3/t13?,14?,16-,18-/m0/s1. The zero-order valence-electron chi connectivity index (χ0n) is 17.1. The topological polar surface area (TPSA) is 75.7 Å². The molecule has 1 aromatic rings. The maximum absolute atomic E-state index is 14.7. The summed E-state index contributed by atoms with van der Waals surface area (Å²) in [6.07, 6.45) is 1.15. The van der Waals surface area contributed by atoms with Gasteiger partial charge in [0, 0.05) is 12.1 Å². The fourth-order valence-corrected chi connectivity index (χ4v) is 5.47. The number of hydrogen-bond acceptors (Lipinski definition) is 4. The van der Waals surface area contributed by atoms with E-state index < -0.39 is 39.6 Å². The molecule has 0 unspecified atom stereocenters. The van der Waals surface area contributed by atoms with E-state index in [1.54, 1.807) is 50.8 Å². The molecule has 2 atom stereocenters. The molecule has 1 aromatic carbocycles. The van der Waals surface area contributed by atoms with Crippen LogP contribution in [0.2, 0.25) is 0 Å². The number of rotatable bonds is 5. The number of ether oxygens (including phenoxy) is 1. The van der Waals surface area contributed by atoms with E-state index in [-0.39, 0.29) is 24.1 Å². The Labute approximate surface area is 180 Å². The number of nitrogens with zero attached hydrogens (tertiary/aromatic N) is 1. The second kappa shape index (κ2) is 8.15. The molecule has 2 bridgehead atoms. The molecule has 9 heteroatoms. The average Bonchev–Trinajstić information content (AvgIpc) is 2.57. The molecule has 2 heterocycles. The lowest BCUT2D eigenvalue weighted by Gasteiger charge is -2.57. The second-order valence-corrected chi connectivity index (χ2v) is 11.7. The van der Waals surface area contributed by atoms with E-state index in [9.17, 15) is 17.6 Å². The molecule has 0 radical (unpaired) electrons. The lowest BCUT2D eigenvalue weighted by atomic mass is 9.67. The van der Waals surface area contributed by atoms with Crippen LogP contribution in [0.25, 0.3) is 0 Å². The molecule has 4 rings (SSSR count). The highest BCUT2D eigenvalue weighted by Crippen LogP contribution is 2.45. The van der Waals surface area contributed by atoms with Gasteiger partial charge in [-0.25, -0.2) is 22.3 Å². The van der Waals surface area contributed by atoms with Gasteiger partial charge in [0.05, 0.1) is 16.3 Å². The van der Waals surface area contributed by atoms with Crippen LogP contribution in [0.15, 0.2) is 22.7 Å². The quantitative estimate of drug-likeness (QED) is 0.680. The Morgan fingerprint density at radius 2 is 2.00 bits per heavy atom. The number of hydrogen-bond donors (Lipinski definition) is 1. The third-order valence-corrected chi connectivity index (χ3v) is 7.59. The minimum Gasteiger partial charge on any atom is -0.444 e. The Bertz CT molecular complexity index is 881. The van der Waals surface area contributed by atoms with Gasteiger partial charge in [0.25, 0.3) is 0 Å². The SMILES string of the molecule is CCS(=O)(=O)N[C@H]1C2CC(C2)N(C(=O)OC(C)(C)C)[C@H]1Cc1cccc(Br)c1F. The molecule has 3 fully saturated rings. The van der Waals surface area contributed by atoms with Gasteiger partial charge in [0.1, 0.15) is 11.4 Å². The fraction of sp³-hybridized carbons (Fsp3) is 0.650. The van der Waals surface area contributed by atoms with Gasteiger partial charge in [-0.05, 0) is 80.4 Å². The first-order chi connectivity index (χ1) is 13.4. The van der Waals surface area contributed by atoms with Crippen molar-refractivity contribution >= 4 is 32.0 Å². The molecule has 0 spiro atoms. The van der Waals surface area contributed by atoms with Crippen LogP contribution in [-0.4, -0.2) is 48.9 Å². The predicted molar refractivity (Wildman–Crippen MR) is 113 cm³/mol. The highest BCUT2D eigenvalue weighted by Gasteiger charge is 2.54. The summed E-state index contributed by atoms with van der Waals surface area (Å²) in [4.78, 5) is 14.6. The summed E-state index contributed by atoms with van der Waals surface area (Å²) in [5, 5.41) is 0. The van der Waals surface area contributed by atoms with E-state index >= 15 is 0 Å². The molecule has 1 amide bonds. The van der Waals surface area contributed by atoms with E-state index in [4.69, 9.17) is 4.74 Å². The summed E-state index contributed by atoms with van der Waals surface area (Å²) < 4.78 is 48.0. The minimum atomic E-state index is -3.49. The third kappa shape index (κ3) is 4.94. The zero-order chi connectivity index (χ0) is 21.6. The summed E-state index contributed by atoms with van der Waals surface area (Å²) in [5.74, 6) is -0.322. The largest absolute Gasteiger partial charge is 0.444 e. The van der Waals surface area contributed by atoms with Crippen molar-refractivity contribution in [2.24, 2.45) is 5.92 Å². The van der Waals surface area contributed by atoms with Crippen molar-refractivity contribution in [1.29, 1.82) is 0 Å². The van der Waals surface area contributed by atoms with Crippen LogP contribution < -0.4 is 4.72 Å². The number of fused-ring (bicyclic) bond motifs is 2. The average molecular weight is 491 g/mol. The van der Waals surface area contributed by atoms with Crippen molar-refractivity contribution in [2.75, 3.05) is 5.75 Å². The number of piperidine rings is 2. The Morgan fingerprint density at radius 1 is 1.34 bits per heavy atom. The third-order valence-electron chi connectivity index (χ3n) is 5.58. The van der Waals surface area contributed by atoms with Crippen molar-refractivity contribution in [2.45, 2.75) is 70.7 Å². The maximum atomic E-state index is 14.7. The van der Waals surface area contributed by atoms with E-state index in [0.717, 1.165) is 0 Å². The van der Waals surface area contributed by atoms with Crippen LogP contribution >= 0.6 is 15.9 Å². The highest BCUT2D eigenvalue weighted by atomic mass is 79.9. The first-order valence-electron chi connectivity index (χ1n) is 9.86. The summed E-state index contributed by atoms with van der Waals surface area (Å²) in [7, 11) is -3.49. The molecule has 0 aromatic heterocycles. The van der Waals surface area contributed by atoms with Crippen molar-refractivity contribution in [3.63, 3.8) is 0 Å². The van der Waals surface area contributed by atoms with Gasteiger partial charge in [-0.15, -0.1) is 0 Å². The molecule has 1 saturated carbocycles. The van der Waals surface area contributed by atoms with Crippen LogP contribution in [0.3, 0.4) is 0 Å². The second-order valence-electron chi connectivity index (χ2n) is 8.80. The van der Waals surface area contributed by atoms with E-state index in [1.165, 1.54) is 0 Å². The van der Waals surface area contributed by atoms with E-state index in [0.29, 0.717) is 22.9 Å². The van der Waals surface area contributed by atoms with Gasteiger partial charge in [-0.1, -0.05) is 12.1 Å². The molecule has 2 saturated heterocycles. The van der Waals surface area contributed by atoms with Crippen LogP contribution in [0.4, 0.5) is 9.18 Å². The van der Waals surface area contributed by atoms with Gasteiger partial charge in [-0.3, -0.25) is 0 Å². The Balaban J connectivity index is 1.96. The van der Waals surface area contributed by atoms with Crippen LogP contribution in [0.5, 0.6) is 0 Å². The Morgan fingerprint density at radius 3 is 2.59 bits per heavy atom. The smallest absolute Gasteiger partial charge is 0.410 e. The number of carbonyl (C=O) groups is 1. The van der Waals surface area contributed by atoms with Gasteiger partial charge >= 0.3 is 6.09 Å².